The van der Waals surface area contributed by atoms with Gasteiger partial charge in [0.25, 0.3) is 5.91 Å². The van der Waals surface area contributed by atoms with Crippen molar-refractivity contribution >= 4 is 34.8 Å². The number of amides is 2. The molecule has 1 unspecified atom stereocenters. The van der Waals surface area contributed by atoms with Gasteiger partial charge in [0, 0.05) is 17.5 Å². The SMILES string of the molecule is CCOc1ccc(C(=O)NC(C(=O)N(C)Cc2ccc(Cl)s2)C(C)C)cc1. The van der Waals surface area contributed by atoms with Crippen LogP contribution in [0.5, 0.6) is 5.75 Å². The highest BCUT2D eigenvalue weighted by atomic mass is 35.5. The number of ether oxygens (including phenoxy) is 1. The Kier molecular flexibility index (Phi) is 7.68. The Balaban J connectivity index is 2.04. The van der Waals surface area contributed by atoms with E-state index >= 15 is 0 Å². The van der Waals surface area contributed by atoms with Crippen molar-refractivity contribution in [1.29, 1.82) is 0 Å². The second kappa shape index (κ2) is 9.76. The molecule has 0 spiro atoms. The Hall–Kier alpha value is -2.05. The van der Waals surface area contributed by atoms with Crippen molar-refractivity contribution in [2.75, 3.05) is 13.7 Å². The van der Waals surface area contributed by atoms with Crippen LogP contribution in [0.1, 0.15) is 36.0 Å². The Bertz CT molecular complexity index is 774. The number of benzene rings is 1. The Morgan fingerprint density at radius 3 is 2.37 bits per heavy atom. The van der Waals surface area contributed by atoms with E-state index in [1.807, 2.05) is 32.9 Å². The highest BCUT2D eigenvalue weighted by molar-refractivity contribution is 7.16. The zero-order valence-corrected chi connectivity index (χ0v) is 17.6. The van der Waals surface area contributed by atoms with Crippen LogP contribution in [-0.4, -0.2) is 36.4 Å². The summed E-state index contributed by atoms with van der Waals surface area (Å²) in [5.41, 5.74) is 0.490. The minimum absolute atomic E-state index is 0.0430. The monoisotopic (exact) mass is 408 g/mol. The lowest BCUT2D eigenvalue weighted by Crippen LogP contribution is -2.49. The molecule has 1 aromatic heterocycles. The number of carbonyl (C=O) groups excluding carboxylic acids is 2. The second-order valence-electron chi connectivity index (χ2n) is 6.55. The van der Waals surface area contributed by atoms with Crippen LogP contribution in [0.25, 0.3) is 0 Å². The first-order valence-electron chi connectivity index (χ1n) is 8.84. The predicted octanol–water partition coefficient (Wildman–Crippen LogP) is 4.21. The van der Waals surface area contributed by atoms with E-state index in [2.05, 4.69) is 5.32 Å². The van der Waals surface area contributed by atoms with Gasteiger partial charge in [-0.25, -0.2) is 0 Å². The number of hydrogen-bond donors (Lipinski definition) is 1. The van der Waals surface area contributed by atoms with Crippen LogP contribution in [0, 0.1) is 5.92 Å². The van der Waals surface area contributed by atoms with Gasteiger partial charge in [0.05, 0.1) is 17.5 Å². The highest BCUT2D eigenvalue weighted by Gasteiger charge is 2.27. The average Bonchev–Trinajstić information content (AvgIpc) is 3.04. The first-order valence-corrected chi connectivity index (χ1v) is 10.0. The van der Waals surface area contributed by atoms with Crippen molar-refractivity contribution in [3.05, 3.63) is 51.2 Å². The third kappa shape index (κ3) is 5.97. The first kappa shape index (κ1) is 21.3. The standard InChI is InChI=1S/C20H25ClN2O3S/c1-5-26-15-8-6-14(7-9-15)19(24)22-18(13(2)3)20(25)23(4)12-16-10-11-17(21)27-16/h6-11,13,18H,5,12H2,1-4H3,(H,22,24). The number of likely N-dealkylation sites (N-methyl/N-ethyl adjacent to an activating group) is 1. The molecule has 0 aliphatic heterocycles. The molecule has 1 aromatic carbocycles. The molecule has 5 nitrogen and oxygen atoms in total. The topological polar surface area (TPSA) is 58.6 Å². The normalized spacial score (nSPS) is 11.9. The zero-order valence-electron chi connectivity index (χ0n) is 16.0. The largest absolute Gasteiger partial charge is 0.494 e. The van der Waals surface area contributed by atoms with Crippen LogP contribution >= 0.6 is 22.9 Å². The van der Waals surface area contributed by atoms with Gasteiger partial charge in [0.2, 0.25) is 5.91 Å². The summed E-state index contributed by atoms with van der Waals surface area (Å²) in [5.74, 6) is 0.255. The van der Waals surface area contributed by atoms with Gasteiger partial charge in [-0.3, -0.25) is 9.59 Å². The molecule has 27 heavy (non-hydrogen) atoms. The summed E-state index contributed by atoms with van der Waals surface area (Å²) < 4.78 is 6.08. The van der Waals surface area contributed by atoms with Crippen molar-refractivity contribution in [2.24, 2.45) is 5.92 Å². The van der Waals surface area contributed by atoms with Crippen molar-refractivity contribution in [1.82, 2.24) is 10.2 Å². The number of hydrogen-bond acceptors (Lipinski definition) is 4. The van der Waals surface area contributed by atoms with Gasteiger partial charge in [-0.1, -0.05) is 25.4 Å². The minimum atomic E-state index is -0.607. The van der Waals surface area contributed by atoms with E-state index in [9.17, 15) is 9.59 Å². The van der Waals surface area contributed by atoms with Gasteiger partial charge < -0.3 is 15.0 Å². The molecule has 2 aromatic rings. The second-order valence-corrected chi connectivity index (χ2v) is 8.35. The van der Waals surface area contributed by atoms with Crippen LogP contribution in [0.3, 0.4) is 0 Å². The van der Waals surface area contributed by atoms with Crippen molar-refractivity contribution < 1.29 is 14.3 Å². The summed E-state index contributed by atoms with van der Waals surface area (Å²) in [6.45, 7) is 6.75. The molecule has 0 bridgehead atoms. The molecular weight excluding hydrogens is 384 g/mol. The Morgan fingerprint density at radius 1 is 1.19 bits per heavy atom. The third-order valence-corrected chi connectivity index (χ3v) is 5.26. The molecule has 146 valence electrons. The van der Waals surface area contributed by atoms with Gasteiger partial charge in [-0.2, -0.15) is 0 Å². The van der Waals surface area contributed by atoms with Crippen molar-refractivity contribution in [3.63, 3.8) is 0 Å². The van der Waals surface area contributed by atoms with Gasteiger partial charge in [0.1, 0.15) is 11.8 Å². The van der Waals surface area contributed by atoms with Crippen LogP contribution in [0.2, 0.25) is 4.34 Å². The molecule has 0 aliphatic rings. The molecule has 2 amide bonds. The van der Waals surface area contributed by atoms with Gasteiger partial charge in [0.15, 0.2) is 0 Å². The molecule has 1 atom stereocenters. The average molecular weight is 409 g/mol. The number of halogens is 1. The van der Waals surface area contributed by atoms with E-state index in [-0.39, 0.29) is 17.7 Å². The molecule has 0 radical (unpaired) electrons. The molecule has 7 heteroatoms. The van der Waals surface area contributed by atoms with E-state index in [1.54, 1.807) is 36.2 Å². The maximum absolute atomic E-state index is 12.9. The smallest absolute Gasteiger partial charge is 0.251 e. The fourth-order valence-electron chi connectivity index (χ4n) is 2.59. The van der Waals surface area contributed by atoms with Gasteiger partial charge in [-0.15, -0.1) is 11.3 Å². The van der Waals surface area contributed by atoms with Crippen LogP contribution in [-0.2, 0) is 11.3 Å². The molecule has 1 heterocycles. The fraction of sp³-hybridized carbons (Fsp3) is 0.400. The van der Waals surface area contributed by atoms with E-state index in [0.717, 1.165) is 4.88 Å². The Morgan fingerprint density at radius 2 is 1.85 bits per heavy atom. The third-order valence-electron chi connectivity index (χ3n) is 4.04. The number of thiophene rings is 1. The van der Waals surface area contributed by atoms with Crippen molar-refractivity contribution in [2.45, 2.75) is 33.4 Å². The minimum Gasteiger partial charge on any atom is -0.494 e. The number of nitrogens with zero attached hydrogens (tertiary/aromatic N) is 1. The lowest BCUT2D eigenvalue weighted by molar-refractivity contribution is -0.133. The lowest BCUT2D eigenvalue weighted by atomic mass is 10.0. The number of carbonyl (C=O) groups is 2. The van der Waals surface area contributed by atoms with Crippen LogP contribution in [0.4, 0.5) is 0 Å². The summed E-state index contributed by atoms with van der Waals surface area (Å²) >= 11 is 7.40. The predicted molar refractivity (Wildman–Crippen MR) is 110 cm³/mol. The summed E-state index contributed by atoms with van der Waals surface area (Å²) in [5, 5.41) is 2.86. The fourth-order valence-corrected chi connectivity index (χ4v) is 3.73. The molecule has 0 saturated heterocycles. The first-order chi connectivity index (χ1) is 12.8. The summed E-state index contributed by atoms with van der Waals surface area (Å²) in [6.07, 6.45) is 0. The molecule has 0 fully saturated rings. The maximum Gasteiger partial charge on any atom is 0.251 e. The Labute approximate surface area is 169 Å². The van der Waals surface area contributed by atoms with Crippen LogP contribution in [0.15, 0.2) is 36.4 Å². The molecule has 1 N–H and O–H groups in total. The molecule has 0 saturated carbocycles. The van der Waals surface area contributed by atoms with E-state index in [4.69, 9.17) is 16.3 Å². The number of nitrogens with one attached hydrogen (secondary N) is 1. The highest BCUT2D eigenvalue weighted by Crippen LogP contribution is 2.23. The zero-order chi connectivity index (χ0) is 20.0. The number of rotatable bonds is 8. The molecule has 0 aliphatic carbocycles. The van der Waals surface area contributed by atoms with Crippen molar-refractivity contribution in [3.8, 4) is 5.75 Å². The van der Waals surface area contributed by atoms with E-state index in [0.29, 0.717) is 28.8 Å². The lowest BCUT2D eigenvalue weighted by Gasteiger charge is -2.27. The van der Waals surface area contributed by atoms with Gasteiger partial charge >= 0.3 is 0 Å². The summed E-state index contributed by atoms with van der Waals surface area (Å²) in [6, 6.07) is 9.99. The molecule has 2 rings (SSSR count). The van der Waals surface area contributed by atoms with Crippen LogP contribution < -0.4 is 10.1 Å². The maximum atomic E-state index is 12.9. The molecular formula is C20H25ClN2O3S. The summed E-state index contributed by atoms with van der Waals surface area (Å²) in [7, 11) is 1.73. The quantitative estimate of drug-likeness (QED) is 0.711. The van der Waals surface area contributed by atoms with Gasteiger partial charge in [-0.05, 0) is 49.2 Å². The summed E-state index contributed by atoms with van der Waals surface area (Å²) in [4.78, 5) is 28.1. The van der Waals surface area contributed by atoms with E-state index < -0.39 is 6.04 Å². The van der Waals surface area contributed by atoms with E-state index in [1.165, 1.54) is 11.3 Å².